The highest BCUT2D eigenvalue weighted by atomic mass is 16.7. The zero-order valence-electron chi connectivity index (χ0n) is 34.9. The number of likely N-dealkylation sites (N-methyl/N-ethyl adjacent to an activating group) is 1. The molecule has 3 fully saturated rings. The van der Waals surface area contributed by atoms with Gasteiger partial charge in [-0.1, -0.05) is 27.7 Å². The molecule has 0 amide bonds. The molecule has 3 aliphatic rings. The van der Waals surface area contributed by atoms with E-state index in [4.69, 9.17) is 37.9 Å². The van der Waals surface area contributed by atoms with Crippen LogP contribution in [0.4, 0.5) is 0 Å². The fourth-order valence-electron chi connectivity index (χ4n) is 8.82. The second-order valence-corrected chi connectivity index (χ2v) is 16.8. The Balaban J connectivity index is 2.24. The number of nitrogens with zero attached hydrogens (tertiary/aromatic N) is 1. The van der Waals surface area contributed by atoms with Crippen molar-refractivity contribution in [1.82, 2.24) is 4.90 Å². The van der Waals surface area contributed by atoms with E-state index in [1.54, 1.807) is 41.5 Å². The van der Waals surface area contributed by atoms with Crippen LogP contribution in [0.1, 0.15) is 94.9 Å². The summed E-state index contributed by atoms with van der Waals surface area (Å²) < 4.78 is 50.2. The van der Waals surface area contributed by atoms with Gasteiger partial charge in [0, 0.05) is 51.5 Å². The minimum Gasteiger partial charge on any atom is -0.459 e. The number of aliphatic hydroxyl groups excluding tert-OH is 3. The zero-order chi connectivity index (χ0) is 40.4. The van der Waals surface area contributed by atoms with E-state index in [1.165, 1.54) is 21.3 Å². The molecule has 0 radical (unpaired) electrons. The Morgan fingerprint density at radius 3 is 1.94 bits per heavy atom. The molecule has 18 atom stereocenters. The largest absolute Gasteiger partial charge is 0.459 e. The third-order valence-electron chi connectivity index (χ3n) is 12.7. The first-order valence-corrected chi connectivity index (χ1v) is 19.3. The summed E-state index contributed by atoms with van der Waals surface area (Å²) in [6.07, 6.45) is -7.89. The van der Waals surface area contributed by atoms with E-state index < -0.39 is 102 Å². The lowest BCUT2D eigenvalue weighted by atomic mass is 9.73. The Bertz CT molecular complexity index is 1210. The number of ketones is 1. The van der Waals surface area contributed by atoms with E-state index in [-0.39, 0.29) is 30.8 Å². The predicted molar refractivity (Wildman–Crippen MR) is 196 cm³/mol. The summed E-state index contributed by atoms with van der Waals surface area (Å²) in [6.45, 7) is 17.7. The van der Waals surface area contributed by atoms with E-state index in [9.17, 15) is 24.9 Å². The van der Waals surface area contributed by atoms with Crippen LogP contribution in [0.5, 0.6) is 0 Å². The fourth-order valence-corrected chi connectivity index (χ4v) is 8.82. The van der Waals surface area contributed by atoms with Gasteiger partial charge in [0.1, 0.15) is 29.7 Å². The van der Waals surface area contributed by atoms with Gasteiger partial charge in [-0.2, -0.15) is 0 Å². The lowest BCUT2D eigenvalue weighted by Gasteiger charge is -2.50. The first-order chi connectivity index (χ1) is 24.5. The van der Waals surface area contributed by atoms with Crippen molar-refractivity contribution in [2.75, 3.05) is 35.4 Å². The lowest BCUT2D eigenvalue weighted by molar-refractivity contribution is -0.319. The summed E-state index contributed by atoms with van der Waals surface area (Å²) in [5, 5.41) is 34.3. The van der Waals surface area contributed by atoms with Crippen LogP contribution in [-0.4, -0.2) is 152 Å². The summed E-state index contributed by atoms with van der Waals surface area (Å²) in [6, 6.07) is -0.272. The molecule has 5 unspecified atom stereocenters. The second-order valence-electron chi connectivity index (χ2n) is 16.8. The van der Waals surface area contributed by atoms with Gasteiger partial charge in [-0.25, -0.2) is 0 Å². The molecule has 3 rings (SSSR count). The Morgan fingerprint density at radius 1 is 0.811 bits per heavy atom. The van der Waals surface area contributed by atoms with Crippen molar-refractivity contribution in [3.8, 4) is 0 Å². The maximum Gasteiger partial charge on any atom is 0.311 e. The predicted octanol–water partition coefficient (Wildman–Crippen LogP) is 3.09. The average molecular weight is 762 g/mol. The lowest BCUT2D eigenvalue weighted by Crippen LogP contribution is -2.61. The molecule has 14 nitrogen and oxygen atoms in total. The standard InChI is InChI=1S/C39H71NO13/c1-16-27-39(10,48-15)32(43)22(4)29(41)20(2)18-38(9,47-14)34(53-36-30(42)26(40(11)12)17-21(3)49-36)23(5)31(24(6)35(45)51-27)52-28-19-37(8,46-13)33(44)25(7)50-28/h20-28,30-34,36,42-44H,16-19H2,1-15H3/t20-,21?,22+,23+,24-,25?,26?,27-,28+,30?,31+,32-,33+,34-,36+,37?,38-,39-/m1/s1. The third-order valence-corrected chi connectivity index (χ3v) is 12.7. The first kappa shape index (κ1) is 46.1. The monoisotopic (exact) mass is 761 g/mol. The number of Topliss-reactive ketones (excluding diaryl/α,β-unsaturated/α-hetero) is 1. The number of hydrogen-bond acceptors (Lipinski definition) is 14. The molecule has 3 aliphatic heterocycles. The molecule has 53 heavy (non-hydrogen) atoms. The molecule has 0 spiro atoms. The van der Waals surface area contributed by atoms with Crippen LogP contribution in [0.15, 0.2) is 0 Å². The van der Waals surface area contributed by atoms with E-state index in [2.05, 4.69) is 0 Å². The van der Waals surface area contributed by atoms with Crippen LogP contribution in [0.25, 0.3) is 0 Å². The van der Waals surface area contributed by atoms with Gasteiger partial charge >= 0.3 is 5.97 Å². The quantitative estimate of drug-likeness (QED) is 0.293. The number of ether oxygens (including phenoxy) is 8. The number of rotatable bonds is 9. The summed E-state index contributed by atoms with van der Waals surface area (Å²) in [7, 11) is 8.26. The summed E-state index contributed by atoms with van der Waals surface area (Å²) >= 11 is 0. The minimum atomic E-state index is -1.42. The van der Waals surface area contributed by atoms with E-state index >= 15 is 0 Å². The van der Waals surface area contributed by atoms with Crippen molar-refractivity contribution in [1.29, 1.82) is 0 Å². The smallest absolute Gasteiger partial charge is 0.311 e. The maximum atomic E-state index is 14.3. The highest BCUT2D eigenvalue weighted by molar-refractivity contribution is 5.83. The van der Waals surface area contributed by atoms with Gasteiger partial charge in [0.05, 0.1) is 47.6 Å². The third kappa shape index (κ3) is 9.64. The number of hydrogen-bond donors (Lipinski definition) is 3. The van der Waals surface area contributed by atoms with Crippen LogP contribution in [0.2, 0.25) is 0 Å². The minimum absolute atomic E-state index is 0.147. The Labute approximate surface area is 317 Å². The number of methoxy groups -OCH3 is 3. The fraction of sp³-hybridized carbons (Fsp3) is 0.949. The molecule has 0 bridgehead atoms. The first-order valence-electron chi connectivity index (χ1n) is 19.3. The van der Waals surface area contributed by atoms with E-state index in [1.807, 2.05) is 46.7 Å². The summed E-state index contributed by atoms with van der Waals surface area (Å²) in [5.41, 5.74) is -3.66. The Hall–Kier alpha value is -1.30. The number of carbonyl (C=O) groups is 2. The van der Waals surface area contributed by atoms with Gasteiger partial charge in [0.25, 0.3) is 0 Å². The number of carbonyl (C=O) groups excluding carboxylic acids is 2. The van der Waals surface area contributed by atoms with Crippen molar-refractivity contribution in [2.24, 2.45) is 23.7 Å². The number of aliphatic hydroxyl groups is 3. The molecule has 14 heteroatoms. The van der Waals surface area contributed by atoms with Crippen LogP contribution in [0.3, 0.4) is 0 Å². The molecule has 3 N–H and O–H groups in total. The van der Waals surface area contributed by atoms with Crippen LogP contribution < -0.4 is 0 Å². The highest BCUT2D eigenvalue weighted by Crippen LogP contribution is 2.42. The highest BCUT2D eigenvalue weighted by Gasteiger charge is 2.54. The molecule has 0 aromatic rings. The average Bonchev–Trinajstić information content (AvgIpc) is 3.12. The van der Waals surface area contributed by atoms with Crippen molar-refractivity contribution < 1.29 is 62.8 Å². The number of esters is 1. The maximum absolute atomic E-state index is 14.3. The second kappa shape index (κ2) is 18.3. The molecule has 0 aliphatic carbocycles. The summed E-state index contributed by atoms with van der Waals surface area (Å²) in [4.78, 5) is 30.4. The molecular weight excluding hydrogens is 690 g/mol. The number of cyclic esters (lactones) is 1. The Morgan fingerprint density at radius 2 is 1.42 bits per heavy atom. The Kier molecular flexibility index (Phi) is 15.9. The topological polar surface area (TPSA) is 172 Å². The van der Waals surface area contributed by atoms with Crippen LogP contribution in [0, 0.1) is 23.7 Å². The molecule has 0 saturated carbocycles. The van der Waals surface area contributed by atoms with Gasteiger partial charge in [-0.3, -0.25) is 9.59 Å². The van der Waals surface area contributed by atoms with Gasteiger partial charge in [-0.15, -0.1) is 0 Å². The molecule has 0 aromatic carbocycles. The van der Waals surface area contributed by atoms with Crippen molar-refractivity contribution in [3.63, 3.8) is 0 Å². The van der Waals surface area contributed by atoms with Crippen molar-refractivity contribution >= 4 is 11.8 Å². The molecule has 0 aromatic heterocycles. The normalized spacial score (nSPS) is 48.3. The van der Waals surface area contributed by atoms with Gasteiger partial charge in [0.15, 0.2) is 12.6 Å². The van der Waals surface area contributed by atoms with Gasteiger partial charge in [-0.05, 0) is 74.9 Å². The molecule has 3 heterocycles. The van der Waals surface area contributed by atoms with Crippen LogP contribution >= 0.6 is 0 Å². The summed E-state index contributed by atoms with van der Waals surface area (Å²) in [5.74, 6) is -4.02. The van der Waals surface area contributed by atoms with E-state index in [0.29, 0.717) is 12.8 Å². The van der Waals surface area contributed by atoms with Crippen molar-refractivity contribution in [2.45, 2.75) is 179 Å². The van der Waals surface area contributed by atoms with Gasteiger partial charge in [0.2, 0.25) is 0 Å². The van der Waals surface area contributed by atoms with Gasteiger partial charge < -0.3 is 58.1 Å². The van der Waals surface area contributed by atoms with Crippen molar-refractivity contribution in [3.05, 3.63) is 0 Å². The van der Waals surface area contributed by atoms with E-state index in [0.717, 1.165) is 0 Å². The zero-order valence-corrected chi connectivity index (χ0v) is 34.9. The molecular formula is C39H71NO13. The SMILES string of the molecule is CC[C@H]1OC(=O)[C@H](C)[C@@H](O[C@H]2CC(C)(OC)[C@@H](O)C(C)O2)[C@H](C)[C@@H](O[C@@H]2OC(C)CC(N(C)C)C2O)[C@](C)(OC)C[C@@H](C)C(=O)[C@H](C)[C@@H](O)[C@]1(C)OC. The van der Waals surface area contributed by atoms with Crippen LogP contribution in [-0.2, 0) is 47.5 Å². The molecule has 310 valence electrons. The molecule has 3 saturated heterocycles.